The van der Waals surface area contributed by atoms with Gasteiger partial charge in [0.15, 0.2) is 0 Å². The van der Waals surface area contributed by atoms with Gasteiger partial charge in [0.05, 0.1) is 26.4 Å². The summed E-state index contributed by atoms with van der Waals surface area (Å²) in [5.41, 5.74) is 1.70. The number of fused-ring (bicyclic) bond motifs is 1. The average Bonchev–Trinajstić information content (AvgIpc) is 2.69. The monoisotopic (exact) mass is 381 g/mol. The molecule has 1 aliphatic rings. The molecule has 0 fully saturated rings. The Balaban J connectivity index is 1.86. The lowest BCUT2D eigenvalue weighted by Gasteiger charge is -2.19. The van der Waals surface area contributed by atoms with Gasteiger partial charge in [0.1, 0.15) is 5.84 Å². The molecular weight excluding hydrogens is 366 g/mol. The number of anilines is 1. The molecule has 3 aromatic rings. The van der Waals surface area contributed by atoms with Crippen LogP contribution in [0.4, 0.5) is 5.69 Å². The zero-order chi connectivity index (χ0) is 18.0. The van der Waals surface area contributed by atoms with E-state index in [1.54, 1.807) is 18.2 Å². The highest BCUT2D eigenvalue weighted by Crippen LogP contribution is 2.28. The molecule has 1 heterocycles. The fourth-order valence-electron chi connectivity index (χ4n) is 2.52. The molecule has 0 saturated carbocycles. The zero-order valence-electron chi connectivity index (χ0n) is 13.6. The van der Waals surface area contributed by atoms with Crippen molar-refractivity contribution in [3.05, 3.63) is 90.5 Å². The normalized spacial score (nSPS) is 16.5. The number of para-hydroxylation sites is 1. The highest BCUT2D eigenvalue weighted by Gasteiger charge is 2.21. The molecule has 3 aromatic carbocycles. The van der Waals surface area contributed by atoms with E-state index in [1.165, 1.54) is 12.1 Å². The quantitative estimate of drug-likeness (QED) is 0.745. The summed E-state index contributed by atoms with van der Waals surface area (Å²) in [4.78, 5) is 0.923. The number of nitrogens with one attached hydrogen (secondary N) is 1. The van der Waals surface area contributed by atoms with E-state index in [-0.39, 0.29) is 4.90 Å². The summed E-state index contributed by atoms with van der Waals surface area (Å²) < 4.78 is 34.1. The Kier molecular flexibility index (Phi) is 4.40. The minimum absolute atomic E-state index is 0.167. The van der Waals surface area contributed by atoms with Crippen LogP contribution >= 0.6 is 0 Å². The van der Waals surface area contributed by atoms with E-state index in [9.17, 15) is 8.42 Å². The van der Waals surface area contributed by atoms with Gasteiger partial charge in [-0.2, -0.15) is 12.8 Å². The Morgan fingerprint density at radius 2 is 1.42 bits per heavy atom. The van der Waals surface area contributed by atoms with Gasteiger partial charge >= 0.3 is 0 Å². The molecule has 0 saturated heterocycles. The van der Waals surface area contributed by atoms with Crippen molar-refractivity contribution in [1.29, 1.82) is 0 Å². The van der Waals surface area contributed by atoms with Crippen molar-refractivity contribution in [2.45, 2.75) is 9.79 Å². The predicted octanol–water partition coefficient (Wildman–Crippen LogP) is 4.02. The highest BCUT2D eigenvalue weighted by molar-refractivity contribution is 7.99. The molecule has 1 N–H and O–H groups in total. The molecule has 1 atom stereocenters. The average molecular weight is 381 g/mol. The number of rotatable bonds is 3. The van der Waals surface area contributed by atoms with Crippen molar-refractivity contribution in [3.8, 4) is 0 Å². The lowest BCUT2D eigenvalue weighted by Crippen LogP contribution is -2.20. The van der Waals surface area contributed by atoms with E-state index in [2.05, 4.69) is 13.5 Å². The van der Waals surface area contributed by atoms with Crippen LogP contribution in [0.1, 0.15) is 5.56 Å². The third-order valence-corrected chi connectivity index (χ3v) is 7.09. The van der Waals surface area contributed by atoms with Crippen molar-refractivity contribution < 1.29 is 8.42 Å². The Morgan fingerprint density at radius 1 is 0.808 bits per heavy atom. The molecule has 4 rings (SSSR count). The van der Waals surface area contributed by atoms with Gasteiger partial charge in [-0.25, -0.2) is 0 Å². The van der Waals surface area contributed by atoms with Gasteiger partial charge in [-0.15, -0.1) is 3.77 Å². The second-order valence-electron chi connectivity index (χ2n) is 5.55. The van der Waals surface area contributed by atoms with Crippen molar-refractivity contribution in [2.24, 2.45) is 8.17 Å². The number of sulfonamides is 1. The molecule has 26 heavy (non-hydrogen) atoms. The number of hydrogen-bond donors (Lipinski definition) is 1. The molecule has 0 amide bonds. The van der Waals surface area contributed by atoms with Crippen LogP contribution in [-0.2, 0) is 20.9 Å². The van der Waals surface area contributed by atoms with Crippen molar-refractivity contribution >= 4 is 32.4 Å². The molecule has 0 aliphatic carbocycles. The van der Waals surface area contributed by atoms with Crippen molar-refractivity contribution in [3.63, 3.8) is 0 Å². The van der Waals surface area contributed by atoms with Crippen LogP contribution in [0, 0.1) is 0 Å². The van der Waals surface area contributed by atoms with Crippen LogP contribution in [0.3, 0.4) is 0 Å². The number of nitrogens with zero attached hydrogens (tertiary/aromatic N) is 2. The predicted molar refractivity (Wildman–Crippen MR) is 105 cm³/mol. The maximum atomic E-state index is 12.7. The van der Waals surface area contributed by atoms with Gasteiger partial charge in [-0.3, -0.25) is 0 Å². The SMILES string of the molecule is O=S(=O)(/N=S1\N=C(c2ccccc2)Nc2ccccc21)c1ccccc1. The third kappa shape index (κ3) is 3.31. The van der Waals surface area contributed by atoms with Gasteiger partial charge in [0, 0.05) is 5.56 Å². The first-order chi connectivity index (χ1) is 12.6. The molecule has 0 spiro atoms. The van der Waals surface area contributed by atoms with Crippen LogP contribution in [0.15, 0.2) is 103 Å². The topological polar surface area (TPSA) is 70.9 Å². The first kappa shape index (κ1) is 16.7. The summed E-state index contributed by atoms with van der Waals surface area (Å²) in [6.07, 6.45) is 0. The summed E-state index contributed by atoms with van der Waals surface area (Å²) in [5, 5.41) is 3.27. The van der Waals surface area contributed by atoms with Crippen molar-refractivity contribution in [1.82, 2.24) is 0 Å². The van der Waals surface area contributed by atoms with Crippen molar-refractivity contribution in [2.75, 3.05) is 5.32 Å². The molecule has 5 nitrogen and oxygen atoms in total. The number of benzene rings is 3. The summed E-state index contributed by atoms with van der Waals surface area (Å²) in [6.45, 7) is 0. The zero-order valence-corrected chi connectivity index (χ0v) is 15.2. The second kappa shape index (κ2) is 6.86. The van der Waals surface area contributed by atoms with Crippen LogP contribution in [0.2, 0.25) is 0 Å². The molecule has 130 valence electrons. The first-order valence-corrected chi connectivity index (χ1v) is 10.5. The Hall–Kier alpha value is -2.77. The Bertz CT molecular complexity index is 1110. The molecule has 7 heteroatoms. The fraction of sp³-hybridized carbons (Fsp3) is 0. The maximum Gasteiger partial charge on any atom is 0.289 e. The molecule has 1 aliphatic heterocycles. The van der Waals surface area contributed by atoms with Crippen LogP contribution in [0.25, 0.3) is 0 Å². The van der Waals surface area contributed by atoms with Crippen LogP contribution < -0.4 is 5.32 Å². The van der Waals surface area contributed by atoms with Gasteiger partial charge in [0.2, 0.25) is 0 Å². The lowest BCUT2D eigenvalue weighted by atomic mass is 10.2. The van der Waals surface area contributed by atoms with Gasteiger partial charge < -0.3 is 5.32 Å². The molecule has 0 aromatic heterocycles. The van der Waals surface area contributed by atoms with Gasteiger partial charge in [-0.05, 0) is 24.3 Å². The van der Waals surface area contributed by atoms with E-state index in [1.807, 2.05) is 54.6 Å². The molecular formula is C19H15N3O2S2. The fourth-order valence-corrected chi connectivity index (χ4v) is 5.50. The molecule has 0 bridgehead atoms. The second-order valence-corrected chi connectivity index (χ2v) is 8.72. The Morgan fingerprint density at radius 3 is 2.15 bits per heavy atom. The summed E-state index contributed by atoms with van der Waals surface area (Å²) in [6, 6.07) is 25.3. The molecule has 1 unspecified atom stereocenters. The summed E-state index contributed by atoms with van der Waals surface area (Å²) in [5.74, 6) is 0.611. The first-order valence-electron chi connectivity index (χ1n) is 7.91. The van der Waals surface area contributed by atoms with E-state index in [0.29, 0.717) is 5.84 Å². The van der Waals surface area contributed by atoms with E-state index in [4.69, 9.17) is 0 Å². The third-order valence-electron chi connectivity index (χ3n) is 3.77. The maximum absolute atomic E-state index is 12.7. The van der Waals surface area contributed by atoms with Crippen LogP contribution in [0.5, 0.6) is 0 Å². The van der Waals surface area contributed by atoms with Crippen LogP contribution in [-0.4, -0.2) is 14.3 Å². The van der Waals surface area contributed by atoms with Gasteiger partial charge in [-0.1, -0.05) is 60.7 Å². The van der Waals surface area contributed by atoms with Gasteiger partial charge in [0.25, 0.3) is 10.0 Å². The largest absolute Gasteiger partial charge is 0.338 e. The summed E-state index contributed by atoms with van der Waals surface area (Å²) >= 11 is 0. The molecule has 0 radical (unpaired) electrons. The lowest BCUT2D eigenvalue weighted by molar-refractivity contribution is 0.598. The highest BCUT2D eigenvalue weighted by atomic mass is 32.3. The number of hydrogen-bond acceptors (Lipinski definition) is 3. The smallest absolute Gasteiger partial charge is 0.289 e. The minimum atomic E-state index is -3.81. The summed E-state index contributed by atoms with van der Waals surface area (Å²) in [7, 11) is -4.96. The van der Waals surface area contributed by atoms with E-state index in [0.717, 1.165) is 16.1 Å². The number of amidine groups is 1. The van der Waals surface area contributed by atoms with E-state index < -0.39 is 20.9 Å². The minimum Gasteiger partial charge on any atom is -0.338 e. The standard InChI is InChI=1S/C19H15N3O2S2/c23-26(24,16-11-5-2-6-12-16)22-25-18-14-8-7-13-17(18)20-19(21-25)15-9-3-1-4-10-15/h1-14H,(H,20,21). The Labute approximate surface area is 154 Å². The van der Waals surface area contributed by atoms with E-state index >= 15 is 0 Å².